The number of nitrogens with zero attached hydrogens (tertiary/aromatic N) is 3. The van der Waals surface area contributed by atoms with Crippen molar-refractivity contribution >= 4 is 11.0 Å². The second-order valence-corrected chi connectivity index (χ2v) is 8.32. The molecule has 0 fully saturated rings. The average Bonchev–Trinajstić information content (AvgIpc) is 3.19. The Labute approximate surface area is 186 Å². The second kappa shape index (κ2) is 11.7. The molecular weight excluding hydrogens is 386 g/mol. The summed E-state index contributed by atoms with van der Waals surface area (Å²) in [6.45, 7) is 7.03. The zero-order valence-electron chi connectivity index (χ0n) is 19.4. The van der Waals surface area contributed by atoms with E-state index < -0.39 is 0 Å². The van der Waals surface area contributed by atoms with Gasteiger partial charge in [-0.25, -0.2) is 0 Å². The predicted octanol–water partition coefficient (Wildman–Crippen LogP) is 6.77. The molecule has 3 rings (SSSR count). The first kappa shape index (κ1) is 23.1. The van der Waals surface area contributed by atoms with Crippen molar-refractivity contribution in [1.82, 2.24) is 15.0 Å². The molecule has 0 saturated heterocycles. The topological polar surface area (TPSA) is 60.2 Å². The molecule has 1 heterocycles. The minimum atomic E-state index is 0.305. The summed E-state index contributed by atoms with van der Waals surface area (Å²) >= 11 is 0. The lowest BCUT2D eigenvalue weighted by atomic mass is 9.98. The molecule has 0 atom stereocenters. The third kappa shape index (κ3) is 6.22. The number of benzene rings is 2. The Hall–Kier alpha value is -2.56. The first-order valence-electron chi connectivity index (χ1n) is 12.0. The van der Waals surface area contributed by atoms with Crippen LogP contribution in [0.5, 0.6) is 11.5 Å². The van der Waals surface area contributed by atoms with Crippen LogP contribution in [0.2, 0.25) is 0 Å². The molecule has 1 N–H and O–H groups in total. The maximum atomic E-state index is 11.1. The number of phenols is 1. The minimum absolute atomic E-state index is 0.305. The highest BCUT2D eigenvalue weighted by atomic mass is 16.5. The Bertz CT molecular complexity index is 965. The highest BCUT2D eigenvalue weighted by Gasteiger charge is 2.15. The van der Waals surface area contributed by atoms with E-state index >= 15 is 0 Å². The molecule has 0 bridgehead atoms. The summed E-state index contributed by atoms with van der Waals surface area (Å²) in [7, 11) is 0. The predicted molar refractivity (Wildman–Crippen MR) is 127 cm³/mol. The fourth-order valence-corrected chi connectivity index (χ4v) is 3.99. The lowest BCUT2D eigenvalue weighted by Gasteiger charge is -2.13. The van der Waals surface area contributed by atoms with Crippen LogP contribution in [-0.2, 0) is 12.8 Å². The maximum Gasteiger partial charge on any atom is 0.146 e. The van der Waals surface area contributed by atoms with Gasteiger partial charge in [0.25, 0.3) is 0 Å². The van der Waals surface area contributed by atoms with Gasteiger partial charge < -0.3 is 9.84 Å². The van der Waals surface area contributed by atoms with Gasteiger partial charge in [-0.2, -0.15) is 0 Å². The summed E-state index contributed by atoms with van der Waals surface area (Å²) in [5.41, 5.74) is 4.50. The van der Waals surface area contributed by atoms with E-state index in [9.17, 15) is 5.11 Å². The van der Waals surface area contributed by atoms with Gasteiger partial charge in [-0.3, -0.25) is 0 Å². The van der Waals surface area contributed by atoms with Crippen molar-refractivity contribution in [3.05, 3.63) is 41.5 Å². The first-order chi connectivity index (χ1) is 15.2. The third-order valence-electron chi connectivity index (χ3n) is 5.73. The van der Waals surface area contributed by atoms with Crippen LogP contribution in [0, 0.1) is 0 Å². The van der Waals surface area contributed by atoms with Crippen LogP contribution in [0.3, 0.4) is 0 Å². The molecule has 5 heteroatoms. The highest BCUT2D eigenvalue weighted by molar-refractivity contribution is 5.76. The molecule has 0 radical (unpaired) electrons. The lowest BCUT2D eigenvalue weighted by molar-refractivity contribution is 0.340. The first-order valence-corrected chi connectivity index (χ1v) is 12.0. The molecule has 0 aliphatic carbocycles. The Morgan fingerprint density at radius 1 is 0.806 bits per heavy atom. The van der Waals surface area contributed by atoms with Gasteiger partial charge in [0.05, 0.1) is 6.61 Å². The van der Waals surface area contributed by atoms with Crippen molar-refractivity contribution < 1.29 is 9.84 Å². The van der Waals surface area contributed by atoms with Crippen molar-refractivity contribution in [2.24, 2.45) is 0 Å². The average molecular weight is 424 g/mol. The van der Waals surface area contributed by atoms with Gasteiger partial charge in [0, 0.05) is 6.07 Å². The summed E-state index contributed by atoms with van der Waals surface area (Å²) in [4.78, 5) is 1.58. The fraction of sp³-hybridized carbons (Fsp3) is 0.538. The van der Waals surface area contributed by atoms with Crippen molar-refractivity contribution in [2.45, 2.75) is 85.0 Å². The molecular formula is C26H37N3O2. The van der Waals surface area contributed by atoms with Crippen LogP contribution in [-0.4, -0.2) is 26.7 Å². The van der Waals surface area contributed by atoms with E-state index in [1.807, 2.05) is 25.1 Å². The standard InChI is InChI=1S/C26H37N3O2/c1-4-7-9-11-13-20-17-21(14-12-10-8-5-2)26(30)25(18-20)29-27-23-16-15-22(31-6-3)19-24(23)28-29/h15-19,30H,4-14H2,1-3H3. The number of hydrogen-bond donors (Lipinski definition) is 1. The van der Waals surface area contributed by atoms with Gasteiger partial charge in [-0.1, -0.05) is 58.4 Å². The van der Waals surface area contributed by atoms with E-state index in [1.165, 1.54) is 50.5 Å². The number of phenolic OH excluding ortho intramolecular Hbond substituents is 1. The molecule has 31 heavy (non-hydrogen) atoms. The molecule has 0 unspecified atom stereocenters. The van der Waals surface area contributed by atoms with Crippen molar-refractivity contribution in [3.63, 3.8) is 0 Å². The van der Waals surface area contributed by atoms with Crippen LogP contribution in [0.15, 0.2) is 30.3 Å². The number of aryl methyl sites for hydroxylation is 2. The zero-order chi connectivity index (χ0) is 22.1. The summed E-state index contributed by atoms with van der Waals surface area (Å²) in [6.07, 6.45) is 11.5. The maximum absolute atomic E-state index is 11.1. The monoisotopic (exact) mass is 423 g/mol. The molecule has 0 aliphatic rings. The van der Waals surface area contributed by atoms with Crippen molar-refractivity contribution in [1.29, 1.82) is 0 Å². The number of aromatic hydroxyl groups is 1. The quantitative estimate of drug-likeness (QED) is 0.308. The summed E-state index contributed by atoms with van der Waals surface area (Å²) in [5, 5.41) is 20.4. The molecule has 168 valence electrons. The molecule has 2 aromatic carbocycles. The zero-order valence-corrected chi connectivity index (χ0v) is 19.4. The van der Waals surface area contributed by atoms with Gasteiger partial charge in [0.2, 0.25) is 0 Å². The molecule has 0 saturated carbocycles. The summed E-state index contributed by atoms with van der Waals surface area (Å²) in [6, 6.07) is 9.97. The molecule has 0 spiro atoms. The minimum Gasteiger partial charge on any atom is -0.505 e. The Kier molecular flexibility index (Phi) is 8.74. The Balaban J connectivity index is 1.91. The van der Waals surface area contributed by atoms with E-state index in [4.69, 9.17) is 4.74 Å². The molecule has 5 nitrogen and oxygen atoms in total. The van der Waals surface area contributed by atoms with E-state index in [0.717, 1.165) is 41.6 Å². The lowest BCUT2D eigenvalue weighted by Crippen LogP contribution is -2.03. The van der Waals surface area contributed by atoms with E-state index in [-0.39, 0.29) is 0 Å². The highest BCUT2D eigenvalue weighted by Crippen LogP contribution is 2.31. The van der Waals surface area contributed by atoms with E-state index in [2.05, 4.69) is 36.2 Å². The second-order valence-electron chi connectivity index (χ2n) is 8.32. The summed E-state index contributed by atoms with van der Waals surface area (Å²) in [5.74, 6) is 1.09. The number of unbranched alkanes of at least 4 members (excludes halogenated alkanes) is 6. The molecule has 0 aliphatic heterocycles. The van der Waals surface area contributed by atoms with Crippen molar-refractivity contribution in [2.75, 3.05) is 6.61 Å². The van der Waals surface area contributed by atoms with Gasteiger partial charge in [0.15, 0.2) is 0 Å². The number of ether oxygens (including phenoxy) is 1. The third-order valence-corrected chi connectivity index (χ3v) is 5.73. The molecule has 1 aromatic heterocycles. The van der Waals surface area contributed by atoms with Crippen molar-refractivity contribution in [3.8, 4) is 17.2 Å². The van der Waals surface area contributed by atoms with Gasteiger partial charge in [0.1, 0.15) is 28.2 Å². The Morgan fingerprint density at radius 2 is 1.52 bits per heavy atom. The van der Waals surface area contributed by atoms with E-state index in [0.29, 0.717) is 18.0 Å². The van der Waals surface area contributed by atoms with Crippen LogP contribution in [0.1, 0.15) is 83.3 Å². The normalized spacial score (nSPS) is 11.3. The smallest absolute Gasteiger partial charge is 0.146 e. The SMILES string of the molecule is CCCCCCc1cc(CCCCCC)c(O)c(-n2nc3ccc(OCC)cc3n2)c1. The van der Waals surface area contributed by atoms with Crippen LogP contribution < -0.4 is 4.74 Å². The number of hydrogen-bond acceptors (Lipinski definition) is 4. The van der Waals surface area contributed by atoms with Gasteiger partial charge in [-0.05, 0) is 61.9 Å². The largest absolute Gasteiger partial charge is 0.505 e. The van der Waals surface area contributed by atoms with Crippen LogP contribution in [0.4, 0.5) is 0 Å². The number of aromatic nitrogens is 3. The van der Waals surface area contributed by atoms with Gasteiger partial charge >= 0.3 is 0 Å². The molecule has 3 aromatic rings. The number of rotatable bonds is 13. The van der Waals surface area contributed by atoms with Gasteiger partial charge in [-0.15, -0.1) is 15.0 Å². The van der Waals surface area contributed by atoms with E-state index in [1.54, 1.807) is 4.80 Å². The van der Waals surface area contributed by atoms with Crippen LogP contribution in [0.25, 0.3) is 16.7 Å². The van der Waals surface area contributed by atoms with Crippen LogP contribution >= 0.6 is 0 Å². The fourth-order valence-electron chi connectivity index (χ4n) is 3.99. The summed E-state index contributed by atoms with van der Waals surface area (Å²) < 4.78 is 5.59. The Morgan fingerprint density at radius 3 is 2.23 bits per heavy atom. The molecule has 0 amide bonds. The number of fused-ring (bicyclic) bond motifs is 1.